The van der Waals surface area contributed by atoms with Crippen molar-refractivity contribution >= 4 is 24.1 Å². The van der Waals surface area contributed by atoms with E-state index in [1.165, 1.54) is 11.8 Å². The van der Waals surface area contributed by atoms with Gasteiger partial charge < -0.3 is 25.0 Å². The molecule has 8 heteroatoms. The Bertz CT molecular complexity index is 371. The van der Waals surface area contributed by atoms with Gasteiger partial charge in [-0.1, -0.05) is 6.92 Å². The number of carboxylic acid groups (broad SMARTS) is 1. The van der Waals surface area contributed by atoms with Crippen molar-refractivity contribution in [3.05, 3.63) is 0 Å². The maximum Gasteiger partial charge on any atom is 0.327 e. The Kier molecular flexibility index (Phi) is 16.1. The smallest absolute Gasteiger partial charge is 0.327 e. The topological polar surface area (TPSA) is 105 Å². The summed E-state index contributed by atoms with van der Waals surface area (Å²) >= 11 is 1.38. The maximum atomic E-state index is 10.2. The van der Waals surface area contributed by atoms with Crippen molar-refractivity contribution in [2.24, 2.45) is 0 Å². The third-order valence-corrected chi connectivity index (χ3v) is 3.97. The molecule has 0 aromatic heterocycles. The van der Waals surface area contributed by atoms with E-state index >= 15 is 0 Å². The van der Waals surface area contributed by atoms with E-state index in [-0.39, 0.29) is 5.60 Å². The van der Waals surface area contributed by atoms with Gasteiger partial charge in [0.25, 0.3) is 0 Å². The minimum absolute atomic E-state index is 0.168. The van der Waals surface area contributed by atoms with Gasteiger partial charge in [0.15, 0.2) is 0 Å². The number of thioether (sulfide) groups is 1. The van der Waals surface area contributed by atoms with Crippen molar-refractivity contribution in [3.8, 4) is 0 Å². The number of aliphatic hydroxyl groups is 1. The van der Waals surface area contributed by atoms with E-state index in [1.807, 2.05) is 0 Å². The number of amides is 1. The minimum atomic E-state index is -0.999. The van der Waals surface area contributed by atoms with Gasteiger partial charge >= 0.3 is 5.97 Å². The largest absolute Gasteiger partial charge is 0.480 e. The van der Waals surface area contributed by atoms with Crippen LogP contribution in [-0.4, -0.2) is 71.7 Å². The highest BCUT2D eigenvalue weighted by molar-refractivity contribution is 7.98. The van der Waals surface area contributed by atoms with Crippen molar-refractivity contribution in [1.82, 2.24) is 5.32 Å². The van der Waals surface area contributed by atoms with Crippen molar-refractivity contribution < 1.29 is 29.3 Å². The number of carboxylic acids is 1. The SMILES string of the molecule is CCCOCCC(C)(C)OCCC(C)(C)O.CSCC(NC=O)C(=O)O. The molecule has 0 aromatic carbocycles. The highest BCUT2D eigenvalue weighted by atomic mass is 32.2. The number of hydrogen-bond acceptors (Lipinski definition) is 6. The van der Waals surface area contributed by atoms with Crippen molar-refractivity contribution in [2.75, 3.05) is 31.8 Å². The quantitative estimate of drug-likeness (QED) is 0.306. The summed E-state index contributed by atoms with van der Waals surface area (Å²) in [5, 5.41) is 20.1. The minimum Gasteiger partial charge on any atom is -0.480 e. The summed E-state index contributed by atoms with van der Waals surface area (Å²) in [5.74, 6) is -0.602. The number of carbonyl (C=O) groups excluding carboxylic acids is 1. The van der Waals surface area contributed by atoms with Gasteiger partial charge in [0, 0.05) is 19.0 Å². The molecule has 0 saturated carbocycles. The van der Waals surface area contributed by atoms with E-state index < -0.39 is 17.6 Å². The number of carbonyl (C=O) groups is 2. The number of hydrogen-bond donors (Lipinski definition) is 3. The van der Waals surface area contributed by atoms with Gasteiger partial charge in [-0.05, 0) is 53.2 Å². The molecule has 1 unspecified atom stereocenters. The molecule has 156 valence electrons. The molecule has 0 aliphatic rings. The summed E-state index contributed by atoms with van der Waals surface area (Å²) in [6, 6.07) is -0.757. The van der Waals surface area contributed by atoms with E-state index in [0.29, 0.717) is 25.2 Å². The molecule has 0 fully saturated rings. The molecule has 1 amide bonds. The van der Waals surface area contributed by atoms with Crippen LogP contribution in [0.2, 0.25) is 0 Å². The fraction of sp³-hybridized carbons (Fsp3) is 0.889. The molecule has 0 spiro atoms. The average Bonchev–Trinajstić information content (AvgIpc) is 2.50. The molecule has 0 rings (SSSR count). The zero-order valence-electron chi connectivity index (χ0n) is 17.0. The number of nitrogens with one attached hydrogen (secondary N) is 1. The molecule has 0 aliphatic carbocycles. The predicted molar refractivity (Wildman–Crippen MR) is 106 cm³/mol. The molecule has 3 N–H and O–H groups in total. The highest BCUT2D eigenvalue weighted by Crippen LogP contribution is 2.17. The second-order valence-electron chi connectivity index (χ2n) is 7.16. The fourth-order valence-corrected chi connectivity index (χ4v) is 2.23. The Morgan fingerprint density at radius 2 is 1.81 bits per heavy atom. The third kappa shape index (κ3) is 19.5. The first-order chi connectivity index (χ1) is 12.0. The molecule has 7 nitrogen and oxygen atoms in total. The average molecular weight is 396 g/mol. The molecule has 0 aliphatic heterocycles. The Morgan fingerprint density at radius 3 is 2.23 bits per heavy atom. The van der Waals surface area contributed by atoms with Crippen LogP contribution in [0, 0.1) is 0 Å². The van der Waals surface area contributed by atoms with Gasteiger partial charge in [-0.3, -0.25) is 4.79 Å². The van der Waals surface area contributed by atoms with Crippen LogP contribution < -0.4 is 5.32 Å². The van der Waals surface area contributed by atoms with Crippen molar-refractivity contribution in [3.63, 3.8) is 0 Å². The van der Waals surface area contributed by atoms with E-state index in [0.717, 1.165) is 26.1 Å². The van der Waals surface area contributed by atoms with Crippen LogP contribution in [-0.2, 0) is 19.1 Å². The van der Waals surface area contributed by atoms with Crippen LogP contribution in [0.5, 0.6) is 0 Å². The summed E-state index contributed by atoms with van der Waals surface area (Å²) in [6.45, 7) is 12.0. The molecule has 0 heterocycles. The molecule has 0 saturated heterocycles. The zero-order valence-corrected chi connectivity index (χ0v) is 17.9. The Morgan fingerprint density at radius 1 is 1.19 bits per heavy atom. The van der Waals surface area contributed by atoms with Gasteiger partial charge in [0.05, 0.1) is 17.8 Å². The normalized spacial score (nSPS) is 12.7. The van der Waals surface area contributed by atoms with E-state index in [2.05, 4.69) is 26.1 Å². The van der Waals surface area contributed by atoms with Crippen LogP contribution in [0.4, 0.5) is 0 Å². The molecule has 0 aromatic rings. The van der Waals surface area contributed by atoms with Gasteiger partial charge in [-0.15, -0.1) is 0 Å². The lowest BCUT2D eigenvalue weighted by molar-refractivity contribution is -0.139. The van der Waals surface area contributed by atoms with Gasteiger partial charge in [0.1, 0.15) is 6.04 Å². The molecular formula is C18H37NO6S. The van der Waals surface area contributed by atoms with Gasteiger partial charge in [0.2, 0.25) is 6.41 Å². The third-order valence-electron chi connectivity index (χ3n) is 3.30. The monoisotopic (exact) mass is 395 g/mol. The van der Waals surface area contributed by atoms with E-state index in [9.17, 15) is 14.7 Å². The summed E-state index contributed by atoms with van der Waals surface area (Å²) in [5.41, 5.74) is -0.812. The predicted octanol–water partition coefficient (Wildman–Crippen LogP) is 2.31. The lowest BCUT2D eigenvalue weighted by Crippen LogP contribution is -2.37. The Hall–Kier alpha value is -0.830. The first kappa shape index (κ1) is 27.4. The van der Waals surface area contributed by atoms with Crippen LogP contribution in [0.1, 0.15) is 53.9 Å². The van der Waals surface area contributed by atoms with Gasteiger partial charge in [-0.25, -0.2) is 4.79 Å². The van der Waals surface area contributed by atoms with Crippen LogP contribution in [0.15, 0.2) is 0 Å². The molecular weight excluding hydrogens is 358 g/mol. The number of rotatable bonds is 14. The molecule has 0 bridgehead atoms. The first-order valence-electron chi connectivity index (χ1n) is 8.84. The first-order valence-corrected chi connectivity index (χ1v) is 10.2. The van der Waals surface area contributed by atoms with Gasteiger partial charge in [-0.2, -0.15) is 11.8 Å². The molecule has 26 heavy (non-hydrogen) atoms. The fourth-order valence-electron chi connectivity index (χ4n) is 1.65. The second-order valence-corrected chi connectivity index (χ2v) is 8.07. The summed E-state index contributed by atoms with van der Waals surface area (Å²) in [7, 11) is 0. The molecule has 1 atom stereocenters. The van der Waals surface area contributed by atoms with Crippen molar-refractivity contribution in [2.45, 2.75) is 71.1 Å². The highest BCUT2D eigenvalue weighted by Gasteiger charge is 2.20. The van der Waals surface area contributed by atoms with E-state index in [4.69, 9.17) is 14.6 Å². The van der Waals surface area contributed by atoms with Crippen LogP contribution in [0.25, 0.3) is 0 Å². The Balaban J connectivity index is 0. The summed E-state index contributed by atoms with van der Waals surface area (Å²) in [6.07, 6.45) is 4.78. The number of aliphatic carboxylic acids is 1. The lowest BCUT2D eigenvalue weighted by atomic mass is 10.0. The summed E-state index contributed by atoms with van der Waals surface area (Å²) in [4.78, 5) is 20.1. The zero-order chi connectivity index (χ0) is 20.6. The van der Waals surface area contributed by atoms with Crippen molar-refractivity contribution in [1.29, 1.82) is 0 Å². The standard InChI is InChI=1S/C13H28O3.C5H9NO3S/c1-6-9-15-10-8-13(4,5)16-11-7-12(2,3)14;1-10-2-4(5(8)9)6-3-7/h14H,6-11H2,1-5H3;3-4H,2H2,1H3,(H,6,7)(H,8,9). The Labute approximate surface area is 162 Å². The maximum absolute atomic E-state index is 10.2. The van der Waals surface area contributed by atoms with Crippen LogP contribution >= 0.6 is 11.8 Å². The lowest BCUT2D eigenvalue weighted by Gasteiger charge is -2.27. The number of ether oxygens (including phenoxy) is 2. The van der Waals surface area contributed by atoms with Crippen LogP contribution in [0.3, 0.4) is 0 Å². The van der Waals surface area contributed by atoms with E-state index in [1.54, 1.807) is 20.1 Å². The summed E-state index contributed by atoms with van der Waals surface area (Å²) < 4.78 is 11.2. The molecule has 0 radical (unpaired) electrons. The second kappa shape index (κ2) is 15.2.